The predicted octanol–water partition coefficient (Wildman–Crippen LogP) is 4.29. The molecule has 3 nitrogen and oxygen atoms in total. The molecule has 0 saturated heterocycles. The molecule has 1 unspecified atom stereocenters. The van der Waals surface area contributed by atoms with Gasteiger partial charge in [0.15, 0.2) is 0 Å². The highest BCUT2D eigenvalue weighted by atomic mass is 16.5. The Hall–Kier alpha value is -2.60. The number of rotatable bonds is 3. The van der Waals surface area contributed by atoms with Gasteiger partial charge in [-0.05, 0) is 36.6 Å². The molecule has 3 heteroatoms. The monoisotopic (exact) mass is 276 g/mol. The first-order chi connectivity index (χ1) is 10.2. The van der Waals surface area contributed by atoms with E-state index in [0.29, 0.717) is 6.42 Å². The molecule has 0 aliphatic rings. The van der Waals surface area contributed by atoms with Crippen LogP contribution in [-0.2, 0) is 6.42 Å². The van der Waals surface area contributed by atoms with E-state index in [1.54, 1.807) is 0 Å². The molecular weight excluding hydrogens is 260 g/mol. The molecule has 1 atom stereocenters. The first kappa shape index (κ1) is 13.4. The summed E-state index contributed by atoms with van der Waals surface area (Å²) in [6.45, 7) is 3.75. The number of nitriles is 1. The van der Waals surface area contributed by atoms with E-state index in [9.17, 15) is 5.26 Å². The van der Waals surface area contributed by atoms with Gasteiger partial charge >= 0.3 is 0 Å². The summed E-state index contributed by atoms with van der Waals surface area (Å²) in [4.78, 5) is 0. The highest BCUT2D eigenvalue weighted by Crippen LogP contribution is 2.29. The van der Waals surface area contributed by atoms with E-state index < -0.39 is 0 Å². The number of aryl methyl sites for hydroxylation is 2. The minimum absolute atomic E-state index is 0.234. The summed E-state index contributed by atoms with van der Waals surface area (Å²) in [5.74, 6) is 0.501. The van der Waals surface area contributed by atoms with Crippen LogP contribution in [0.1, 0.15) is 28.5 Å². The van der Waals surface area contributed by atoms with Gasteiger partial charge in [0.05, 0.1) is 17.7 Å². The largest absolute Gasteiger partial charge is 0.361 e. The smallest absolute Gasteiger partial charge is 0.138 e. The number of fused-ring (bicyclic) bond motifs is 1. The third-order valence-corrected chi connectivity index (χ3v) is 3.90. The van der Waals surface area contributed by atoms with Gasteiger partial charge in [0.25, 0.3) is 0 Å². The number of benzene rings is 2. The van der Waals surface area contributed by atoms with Crippen LogP contribution in [0.3, 0.4) is 0 Å². The molecule has 0 aliphatic heterocycles. The van der Waals surface area contributed by atoms with Crippen LogP contribution in [0.5, 0.6) is 0 Å². The highest BCUT2D eigenvalue weighted by Gasteiger charge is 2.21. The Balaban J connectivity index is 2.03. The van der Waals surface area contributed by atoms with Gasteiger partial charge < -0.3 is 4.52 Å². The van der Waals surface area contributed by atoms with Gasteiger partial charge in [-0.3, -0.25) is 0 Å². The topological polar surface area (TPSA) is 49.8 Å². The average molecular weight is 276 g/mol. The fraction of sp³-hybridized carbons (Fsp3) is 0.222. The van der Waals surface area contributed by atoms with Gasteiger partial charge in [-0.2, -0.15) is 5.26 Å². The van der Waals surface area contributed by atoms with Crippen molar-refractivity contribution in [2.75, 3.05) is 0 Å². The maximum absolute atomic E-state index is 9.56. The zero-order valence-corrected chi connectivity index (χ0v) is 12.1. The van der Waals surface area contributed by atoms with Crippen LogP contribution in [0.2, 0.25) is 0 Å². The molecule has 0 bridgehead atoms. The fourth-order valence-corrected chi connectivity index (χ4v) is 2.89. The van der Waals surface area contributed by atoms with E-state index in [1.807, 2.05) is 32.0 Å². The Morgan fingerprint density at radius 2 is 1.90 bits per heavy atom. The van der Waals surface area contributed by atoms with Gasteiger partial charge in [0.1, 0.15) is 5.76 Å². The van der Waals surface area contributed by atoms with E-state index in [1.165, 1.54) is 16.3 Å². The quantitative estimate of drug-likeness (QED) is 0.716. The molecule has 21 heavy (non-hydrogen) atoms. The van der Waals surface area contributed by atoms with Crippen molar-refractivity contribution in [2.45, 2.75) is 26.2 Å². The molecule has 2 aromatic carbocycles. The van der Waals surface area contributed by atoms with Crippen LogP contribution in [0, 0.1) is 25.2 Å². The van der Waals surface area contributed by atoms with E-state index in [-0.39, 0.29) is 5.92 Å². The molecule has 1 heterocycles. The lowest BCUT2D eigenvalue weighted by atomic mass is 9.90. The highest BCUT2D eigenvalue weighted by molar-refractivity contribution is 5.85. The van der Waals surface area contributed by atoms with Crippen molar-refractivity contribution in [1.82, 2.24) is 5.16 Å². The SMILES string of the molecule is Cc1noc(C)c1C(C#N)Cc1cccc2ccccc12. The van der Waals surface area contributed by atoms with Crippen LogP contribution in [0.4, 0.5) is 0 Å². The molecule has 104 valence electrons. The summed E-state index contributed by atoms with van der Waals surface area (Å²) in [6.07, 6.45) is 0.667. The molecule has 3 rings (SSSR count). The van der Waals surface area contributed by atoms with Crippen molar-refractivity contribution in [3.63, 3.8) is 0 Å². The van der Waals surface area contributed by atoms with Gasteiger partial charge in [0, 0.05) is 5.56 Å². The maximum atomic E-state index is 9.56. The molecule has 0 aliphatic carbocycles. The lowest BCUT2D eigenvalue weighted by molar-refractivity contribution is 0.392. The van der Waals surface area contributed by atoms with E-state index in [2.05, 4.69) is 35.5 Å². The summed E-state index contributed by atoms with van der Waals surface area (Å²) < 4.78 is 5.20. The van der Waals surface area contributed by atoms with Crippen molar-refractivity contribution in [2.24, 2.45) is 0 Å². The van der Waals surface area contributed by atoms with E-state index in [4.69, 9.17) is 4.52 Å². The Morgan fingerprint density at radius 1 is 1.14 bits per heavy atom. The van der Waals surface area contributed by atoms with Crippen LogP contribution < -0.4 is 0 Å². The second-order valence-corrected chi connectivity index (χ2v) is 5.26. The molecule has 3 aromatic rings. The van der Waals surface area contributed by atoms with Crippen molar-refractivity contribution in [3.8, 4) is 6.07 Å². The van der Waals surface area contributed by atoms with Crippen LogP contribution in [0.15, 0.2) is 47.0 Å². The number of nitrogens with zero attached hydrogens (tertiary/aromatic N) is 2. The van der Waals surface area contributed by atoms with Crippen molar-refractivity contribution in [1.29, 1.82) is 5.26 Å². The minimum Gasteiger partial charge on any atom is -0.361 e. The van der Waals surface area contributed by atoms with E-state index >= 15 is 0 Å². The first-order valence-corrected chi connectivity index (χ1v) is 6.99. The van der Waals surface area contributed by atoms with Crippen LogP contribution >= 0.6 is 0 Å². The molecule has 0 radical (unpaired) electrons. The Labute approximate surface area is 123 Å². The Kier molecular flexibility index (Phi) is 3.45. The Morgan fingerprint density at radius 3 is 2.62 bits per heavy atom. The average Bonchev–Trinajstić information content (AvgIpc) is 2.84. The molecule has 0 fully saturated rings. The molecule has 0 spiro atoms. The summed E-state index contributed by atoms with van der Waals surface area (Å²) >= 11 is 0. The predicted molar refractivity (Wildman–Crippen MR) is 82.0 cm³/mol. The fourth-order valence-electron chi connectivity index (χ4n) is 2.89. The molecule has 0 saturated carbocycles. The normalized spacial score (nSPS) is 12.2. The molecule has 0 amide bonds. The van der Waals surface area contributed by atoms with Crippen molar-refractivity contribution >= 4 is 10.8 Å². The standard InChI is InChI=1S/C18H16N2O/c1-12-18(13(2)21-20-12)16(11-19)10-15-8-5-7-14-6-3-4-9-17(14)15/h3-9,16H,10H2,1-2H3. The molecular formula is C18H16N2O. The lowest BCUT2D eigenvalue weighted by Crippen LogP contribution is -2.03. The van der Waals surface area contributed by atoms with Crippen molar-refractivity contribution < 1.29 is 4.52 Å². The lowest BCUT2D eigenvalue weighted by Gasteiger charge is -2.11. The third kappa shape index (κ3) is 2.41. The Bertz CT molecular complexity index is 802. The third-order valence-electron chi connectivity index (χ3n) is 3.90. The second-order valence-electron chi connectivity index (χ2n) is 5.26. The minimum atomic E-state index is -0.234. The summed E-state index contributed by atoms with van der Waals surface area (Å²) in [7, 11) is 0. The van der Waals surface area contributed by atoms with Crippen molar-refractivity contribution in [3.05, 3.63) is 65.0 Å². The number of hydrogen-bond donors (Lipinski definition) is 0. The molecule has 0 N–H and O–H groups in total. The zero-order chi connectivity index (χ0) is 14.8. The first-order valence-electron chi connectivity index (χ1n) is 6.99. The number of hydrogen-bond acceptors (Lipinski definition) is 3. The van der Waals surface area contributed by atoms with Gasteiger partial charge in [-0.1, -0.05) is 47.6 Å². The zero-order valence-electron chi connectivity index (χ0n) is 12.1. The van der Waals surface area contributed by atoms with Crippen LogP contribution in [0.25, 0.3) is 10.8 Å². The van der Waals surface area contributed by atoms with Gasteiger partial charge in [-0.25, -0.2) is 0 Å². The number of aromatic nitrogens is 1. The van der Waals surface area contributed by atoms with Crippen LogP contribution in [-0.4, -0.2) is 5.16 Å². The van der Waals surface area contributed by atoms with E-state index in [0.717, 1.165) is 17.0 Å². The second kappa shape index (κ2) is 5.41. The van der Waals surface area contributed by atoms with Gasteiger partial charge in [-0.15, -0.1) is 0 Å². The van der Waals surface area contributed by atoms with Gasteiger partial charge in [0.2, 0.25) is 0 Å². The summed E-state index contributed by atoms with van der Waals surface area (Å²) in [5, 5.41) is 15.9. The molecule has 1 aromatic heterocycles. The maximum Gasteiger partial charge on any atom is 0.138 e. The summed E-state index contributed by atoms with van der Waals surface area (Å²) in [5.41, 5.74) is 2.91. The summed E-state index contributed by atoms with van der Waals surface area (Å²) in [6, 6.07) is 16.9.